The number of esters is 1. The standard InChI is InChI=1S/C13H16N4O2/c1-2-3-4-5-17-9-7-19-13(18)10(9)11(14)8-6-15-16-12(8)17/h6H,2-5,7,14H2,1H3. The van der Waals surface area contributed by atoms with Crippen LogP contribution in [-0.4, -0.2) is 20.7 Å². The van der Waals surface area contributed by atoms with Gasteiger partial charge in [-0.2, -0.15) is 5.10 Å². The highest BCUT2D eigenvalue weighted by molar-refractivity contribution is 6.02. The number of hydrogen-bond donors (Lipinski definition) is 1. The zero-order valence-corrected chi connectivity index (χ0v) is 10.8. The van der Waals surface area contributed by atoms with Crippen molar-refractivity contribution in [2.24, 2.45) is 0 Å². The molecule has 0 aromatic rings. The summed E-state index contributed by atoms with van der Waals surface area (Å²) in [6.07, 6.45) is 4.92. The molecule has 6 heteroatoms. The fraction of sp³-hybridized carbons (Fsp3) is 0.462. The molecule has 0 aliphatic carbocycles. The molecule has 0 bridgehead atoms. The molecular formula is C13H16N4O2. The van der Waals surface area contributed by atoms with Crippen LogP contribution in [0, 0.1) is 0 Å². The molecule has 0 aromatic heterocycles. The van der Waals surface area contributed by atoms with E-state index in [0.29, 0.717) is 11.3 Å². The van der Waals surface area contributed by atoms with Crippen LogP contribution in [0.1, 0.15) is 42.2 Å². The maximum atomic E-state index is 11.8. The number of aromatic nitrogens is 3. The van der Waals surface area contributed by atoms with Crippen molar-refractivity contribution in [3.05, 3.63) is 17.5 Å². The summed E-state index contributed by atoms with van der Waals surface area (Å²) in [5, 5.41) is 8.04. The fourth-order valence-corrected chi connectivity index (χ4v) is 2.54. The summed E-state index contributed by atoms with van der Waals surface area (Å²) in [7, 11) is 0. The van der Waals surface area contributed by atoms with Crippen molar-refractivity contribution in [1.82, 2.24) is 14.8 Å². The van der Waals surface area contributed by atoms with Crippen LogP contribution in [0.3, 0.4) is 0 Å². The van der Waals surface area contributed by atoms with Gasteiger partial charge in [-0.15, -0.1) is 5.10 Å². The lowest BCUT2D eigenvalue weighted by Crippen LogP contribution is -2.14. The summed E-state index contributed by atoms with van der Waals surface area (Å²) in [6, 6.07) is 0. The Morgan fingerprint density at radius 3 is 3.11 bits per heavy atom. The SMILES string of the molecule is CCCCCn1c2nncc-2c(N)c2c1COC2=O. The van der Waals surface area contributed by atoms with Crippen LogP contribution in [0.4, 0.5) is 5.69 Å². The van der Waals surface area contributed by atoms with E-state index >= 15 is 0 Å². The highest BCUT2D eigenvalue weighted by Gasteiger charge is 2.32. The largest absolute Gasteiger partial charge is 0.456 e. The van der Waals surface area contributed by atoms with Crippen molar-refractivity contribution in [2.75, 3.05) is 5.73 Å². The molecule has 3 aliphatic heterocycles. The highest BCUT2D eigenvalue weighted by Crippen LogP contribution is 2.36. The van der Waals surface area contributed by atoms with Gasteiger partial charge in [0.15, 0.2) is 5.82 Å². The van der Waals surface area contributed by atoms with Gasteiger partial charge in [0.1, 0.15) is 12.2 Å². The number of fused-ring (bicyclic) bond motifs is 2. The number of nitrogens with two attached hydrogens (primary N) is 1. The van der Waals surface area contributed by atoms with Gasteiger partial charge in [-0.05, 0) is 6.42 Å². The molecule has 3 heterocycles. The fourth-order valence-electron chi connectivity index (χ4n) is 2.54. The van der Waals surface area contributed by atoms with E-state index in [2.05, 4.69) is 17.1 Å². The van der Waals surface area contributed by atoms with Gasteiger partial charge in [0.2, 0.25) is 0 Å². The van der Waals surface area contributed by atoms with Crippen LogP contribution in [0.25, 0.3) is 11.4 Å². The van der Waals surface area contributed by atoms with E-state index in [1.165, 1.54) is 0 Å². The number of ether oxygens (including phenoxy) is 1. The first-order valence-electron chi connectivity index (χ1n) is 6.53. The number of carbonyl (C=O) groups is 1. The van der Waals surface area contributed by atoms with Crippen molar-refractivity contribution < 1.29 is 9.53 Å². The molecule has 0 spiro atoms. The Morgan fingerprint density at radius 2 is 2.32 bits per heavy atom. The summed E-state index contributed by atoms with van der Waals surface area (Å²) in [6.45, 7) is 3.23. The summed E-state index contributed by atoms with van der Waals surface area (Å²) in [4.78, 5) is 11.8. The lowest BCUT2D eigenvalue weighted by molar-refractivity contribution is 0.0532. The van der Waals surface area contributed by atoms with Gasteiger partial charge in [0, 0.05) is 6.54 Å². The van der Waals surface area contributed by atoms with Gasteiger partial charge in [-0.1, -0.05) is 19.8 Å². The van der Waals surface area contributed by atoms with Crippen molar-refractivity contribution in [3.8, 4) is 11.4 Å². The second kappa shape index (κ2) is 4.53. The van der Waals surface area contributed by atoms with Crippen LogP contribution >= 0.6 is 0 Å². The Morgan fingerprint density at radius 1 is 1.47 bits per heavy atom. The van der Waals surface area contributed by atoms with Gasteiger partial charge in [-0.3, -0.25) is 0 Å². The van der Waals surface area contributed by atoms with Crippen molar-refractivity contribution in [2.45, 2.75) is 39.3 Å². The minimum Gasteiger partial charge on any atom is -0.456 e. The third kappa shape index (κ3) is 1.75. The number of cyclic esters (lactones) is 1. The van der Waals surface area contributed by atoms with Crippen molar-refractivity contribution in [3.63, 3.8) is 0 Å². The Bertz CT molecular complexity index is 605. The number of hydrogen-bond acceptors (Lipinski definition) is 5. The third-order valence-electron chi connectivity index (χ3n) is 3.54. The number of rotatable bonds is 4. The summed E-state index contributed by atoms with van der Waals surface area (Å²) in [5.41, 5.74) is 8.51. The number of unbranched alkanes of at least 4 members (excludes halogenated alkanes) is 2. The molecular weight excluding hydrogens is 244 g/mol. The molecule has 0 saturated carbocycles. The van der Waals surface area contributed by atoms with Crippen LogP contribution < -0.4 is 5.73 Å². The van der Waals surface area contributed by atoms with Gasteiger partial charge < -0.3 is 15.0 Å². The first-order chi connectivity index (χ1) is 9.24. The maximum absolute atomic E-state index is 11.8. The van der Waals surface area contributed by atoms with Gasteiger partial charge >= 0.3 is 5.97 Å². The number of anilines is 1. The van der Waals surface area contributed by atoms with Gasteiger partial charge in [0.25, 0.3) is 0 Å². The zero-order valence-electron chi connectivity index (χ0n) is 10.8. The molecule has 3 rings (SSSR count). The molecule has 3 aliphatic rings. The van der Waals surface area contributed by atoms with E-state index in [9.17, 15) is 4.79 Å². The maximum Gasteiger partial charge on any atom is 0.342 e. The first-order valence-corrected chi connectivity index (χ1v) is 6.53. The lowest BCUT2D eigenvalue weighted by atomic mass is 10.1. The summed E-state index contributed by atoms with van der Waals surface area (Å²) < 4.78 is 7.13. The second-order valence-corrected chi connectivity index (χ2v) is 4.75. The van der Waals surface area contributed by atoms with E-state index in [1.54, 1.807) is 6.20 Å². The van der Waals surface area contributed by atoms with Crippen LogP contribution in [0.5, 0.6) is 0 Å². The first kappa shape index (κ1) is 12.0. The Hall–Kier alpha value is -2.11. The number of pyridine rings is 1. The zero-order chi connectivity index (χ0) is 13.4. The minimum atomic E-state index is -0.347. The molecule has 6 nitrogen and oxygen atoms in total. The molecule has 19 heavy (non-hydrogen) atoms. The van der Waals surface area contributed by atoms with Gasteiger partial charge in [0.05, 0.1) is 23.1 Å². The summed E-state index contributed by atoms with van der Waals surface area (Å²) in [5.74, 6) is 0.394. The Balaban J connectivity index is 2.13. The van der Waals surface area contributed by atoms with E-state index in [4.69, 9.17) is 10.5 Å². The quantitative estimate of drug-likeness (QED) is 0.669. The normalized spacial score (nSPS) is 13.8. The Labute approximate surface area is 110 Å². The molecule has 0 unspecified atom stereocenters. The Kier molecular flexibility index (Phi) is 2.85. The lowest BCUT2D eigenvalue weighted by Gasteiger charge is -2.16. The van der Waals surface area contributed by atoms with Gasteiger partial charge in [-0.25, -0.2) is 4.79 Å². The molecule has 0 aromatic carbocycles. The molecule has 0 saturated heterocycles. The highest BCUT2D eigenvalue weighted by atomic mass is 16.5. The number of nitrogens with zero attached hydrogens (tertiary/aromatic N) is 3. The van der Waals surface area contributed by atoms with Crippen molar-refractivity contribution in [1.29, 1.82) is 0 Å². The molecule has 0 amide bonds. The molecule has 0 radical (unpaired) electrons. The van der Waals surface area contributed by atoms with Crippen LogP contribution in [0.15, 0.2) is 6.20 Å². The second-order valence-electron chi connectivity index (χ2n) is 4.75. The summed E-state index contributed by atoms with van der Waals surface area (Å²) >= 11 is 0. The third-order valence-corrected chi connectivity index (χ3v) is 3.54. The number of carbonyl (C=O) groups excluding carboxylic acids is 1. The predicted octanol–water partition coefficient (Wildman–Crippen LogP) is 1.83. The van der Waals surface area contributed by atoms with Crippen LogP contribution in [-0.2, 0) is 17.9 Å². The minimum absolute atomic E-state index is 0.271. The van der Waals surface area contributed by atoms with E-state index in [1.807, 2.05) is 4.57 Å². The average molecular weight is 260 g/mol. The topological polar surface area (TPSA) is 83.0 Å². The molecule has 0 fully saturated rings. The predicted molar refractivity (Wildman–Crippen MR) is 69.7 cm³/mol. The molecule has 2 N–H and O–H groups in total. The van der Waals surface area contributed by atoms with Crippen LogP contribution in [0.2, 0.25) is 0 Å². The molecule has 0 atom stereocenters. The molecule has 100 valence electrons. The monoisotopic (exact) mass is 260 g/mol. The average Bonchev–Trinajstić information content (AvgIpc) is 3.01. The number of nitrogen functional groups attached to an aromatic ring is 1. The van der Waals surface area contributed by atoms with Crippen molar-refractivity contribution >= 4 is 11.7 Å². The van der Waals surface area contributed by atoms with E-state index < -0.39 is 0 Å². The van der Waals surface area contributed by atoms with E-state index in [0.717, 1.165) is 42.9 Å². The van der Waals surface area contributed by atoms with E-state index in [-0.39, 0.29) is 12.6 Å². The smallest absolute Gasteiger partial charge is 0.342 e.